The normalized spacial score (nSPS) is 22.0. The molecule has 4 atom stereocenters. The van der Waals surface area contributed by atoms with Gasteiger partial charge >= 0.3 is 6.03 Å². The molecule has 0 aromatic heterocycles. The molecular formula is C41H49N3O4. The maximum absolute atomic E-state index is 12.5. The highest BCUT2D eigenvalue weighted by molar-refractivity contribution is 5.74. The first-order valence-corrected chi connectivity index (χ1v) is 17.5. The molecule has 0 radical (unpaired) electrons. The third kappa shape index (κ3) is 9.11. The topological polar surface area (TPSA) is 83.1 Å². The Bertz CT molecular complexity index is 1590. The summed E-state index contributed by atoms with van der Waals surface area (Å²) >= 11 is 0. The van der Waals surface area contributed by atoms with Crippen molar-refractivity contribution in [2.45, 2.75) is 77.2 Å². The monoisotopic (exact) mass is 647 g/mol. The molecule has 252 valence electrons. The van der Waals surface area contributed by atoms with E-state index in [1.165, 1.54) is 32.1 Å². The molecule has 2 amide bonds. The molecule has 4 aromatic carbocycles. The number of hydrogen-bond acceptors (Lipinski definition) is 5. The number of benzene rings is 4. The van der Waals surface area contributed by atoms with Crippen LogP contribution in [0.5, 0.6) is 0 Å². The van der Waals surface area contributed by atoms with Crippen LogP contribution in [0.3, 0.4) is 0 Å². The second-order valence-electron chi connectivity index (χ2n) is 13.2. The molecule has 0 bridgehead atoms. The molecule has 2 saturated heterocycles. The van der Waals surface area contributed by atoms with Gasteiger partial charge in [0.2, 0.25) is 0 Å². The van der Waals surface area contributed by atoms with Crippen molar-refractivity contribution < 1.29 is 19.4 Å². The van der Waals surface area contributed by atoms with Gasteiger partial charge < -0.3 is 30.1 Å². The molecule has 2 fully saturated rings. The summed E-state index contributed by atoms with van der Waals surface area (Å²) in [7, 11) is 0. The van der Waals surface area contributed by atoms with Crippen molar-refractivity contribution in [1.29, 1.82) is 0 Å². The van der Waals surface area contributed by atoms with Crippen LogP contribution in [-0.4, -0.2) is 41.8 Å². The smallest absolute Gasteiger partial charge is 0.315 e. The van der Waals surface area contributed by atoms with Gasteiger partial charge in [0, 0.05) is 31.1 Å². The maximum Gasteiger partial charge on any atom is 0.315 e. The van der Waals surface area contributed by atoms with E-state index in [0.29, 0.717) is 13.1 Å². The zero-order chi connectivity index (χ0) is 33.1. The summed E-state index contributed by atoms with van der Waals surface area (Å²) in [4.78, 5) is 15.1. The van der Waals surface area contributed by atoms with E-state index in [-0.39, 0.29) is 30.8 Å². The van der Waals surface area contributed by atoms with Crippen LogP contribution < -0.4 is 10.6 Å². The fourth-order valence-electron chi connectivity index (χ4n) is 6.83. The van der Waals surface area contributed by atoms with Crippen LogP contribution >= 0.6 is 0 Å². The standard InChI is InChI=1S/C41H49N3O4/c1-30-38(28-44-22-8-3-2-4-9-23-44)47-40(48-39(30)34-20-18-32(29-45)19-21-34)37-17-11-16-36(25-37)35-15-10-14-33(24-35)27-43-41(46)42-26-31-12-6-5-7-13-31/h5-7,10-21,24-25,30,38-40,45H,2-4,8-9,22-23,26-29H2,1H3,(H2,42,43,46)/t30-,38+,39+,40+/m0/s1. The number of likely N-dealkylation sites (tertiary alicyclic amines) is 1. The molecule has 6 rings (SSSR count). The van der Waals surface area contributed by atoms with Gasteiger partial charge in [0.15, 0.2) is 6.29 Å². The Morgan fingerprint density at radius 1 is 0.708 bits per heavy atom. The van der Waals surface area contributed by atoms with E-state index in [1.54, 1.807) is 0 Å². The largest absolute Gasteiger partial charge is 0.392 e. The maximum atomic E-state index is 12.5. The highest BCUT2D eigenvalue weighted by Crippen LogP contribution is 2.42. The van der Waals surface area contributed by atoms with Crippen molar-refractivity contribution in [3.63, 3.8) is 0 Å². The molecule has 0 aliphatic carbocycles. The lowest BCUT2D eigenvalue weighted by Crippen LogP contribution is -2.45. The fourth-order valence-corrected chi connectivity index (χ4v) is 6.83. The zero-order valence-electron chi connectivity index (χ0n) is 28.0. The fraction of sp³-hybridized carbons (Fsp3) is 0.390. The number of rotatable bonds is 10. The Balaban J connectivity index is 1.17. The van der Waals surface area contributed by atoms with Crippen molar-refractivity contribution in [2.24, 2.45) is 5.92 Å². The summed E-state index contributed by atoms with van der Waals surface area (Å²) in [5.41, 5.74) is 7.20. The Morgan fingerprint density at radius 3 is 2.08 bits per heavy atom. The average molecular weight is 648 g/mol. The van der Waals surface area contributed by atoms with Crippen LogP contribution in [-0.2, 0) is 29.2 Å². The minimum atomic E-state index is -0.512. The minimum absolute atomic E-state index is 0.0109. The van der Waals surface area contributed by atoms with Gasteiger partial charge in [-0.25, -0.2) is 4.79 Å². The van der Waals surface area contributed by atoms with Crippen molar-refractivity contribution in [3.8, 4) is 11.1 Å². The lowest BCUT2D eigenvalue weighted by Gasteiger charge is -2.43. The number of nitrogens with zero attached hydrogens (tertiary/aromatic N) is 1. The van der Waals surface area contributed by atoms with E-state index in [2.05, 4.69) is 71.0 Å². The second-order valence-corrected chi connectivity index (χ2v) is 13.2. The first-order valence-electron chi connectivity index (χ1n) is 17.5. The molecule has 7 nitrogen and oxygen atoms in total. The minimum Gasteiger partial charge on any atom is -0.392 e. The van der Waals surface area contributed by atoms with E-state index in [1.807, 2.05) is 54.6 Å². The number of nitrogens with one attached hydrogen (secondary N) is 2. The molecule has 0 saturated carbocycles. The molecule has 2 aliphatic heterocycles. The Kier molecular flexibility index (Phi) is 11.9. The molecule has 0 spiro atoms. The van der Waals surface area contributed by atoms with Crippen molar-refractivity contribution in [3.05, 3.63) is 131 Å². The van der Waals surface area contributed by atoms with Gasteiger partial charge in [-0.15, -0.1) is 0 Å². The number of carbonyl (C=O) groups excluding carboxylic acids is 1. The molecule has 7 heteroatoms. The van der Waals surface area contributed by atoms with Crippen LogP contribution in [0.2, 0.25) is 0 Å². The van der Waals surface area contributed by atoms with Crippen LogP contribution in [0.25, 0.3) is 11.1 Å². The van der Waals surface area contributed by atoms with Crippen LogP contribution in [0.15, 0.2) is 103 Å². The molecule has 48 heavy (non-hydrogen) atoms. The summed E-state index contributed by atoms with van der Waals surface area (Å²) in [6.07, 6.45) is 5.78. The SMILES string of the molecule is C[C@H]1[C@@H](CN2CCCCCCC2)O[C@@H](c2cccc(-c3cccc(CNC(=O)NCc4ccccc4)c3)c2)O[C@H]1c1ccc(CO)cc1. The summed E-state index contributed by atoms with van der Waals surface area (Å²) in [6.45, 7) is 6.29. The quantitative estimate of drug-likeness (QED) is 0.163. The molecular weight excluding hydrogens is 598 g/mol. The number of aliphatic hydroxyl groups is 1. The first-order chi connectivity index (χ1) is 23.6. The van der Waals surface area contributed by atoms with Crippen molar-refractivity contribution in [1.82, 2.24) is 15.5 Å². The molecule has 4 aromatic rings. The summed E-state index contributed by atoms with van der Waals surface area (Å²) in [5.74, 6) is 0.156. The number of urea groups is 1. The predicted octanol–water partition coefficient (Wildman–Crippen LogP) is 7.90. The van der Waals surface area contributed by atoms with Gasteiger partial charge in [-0.2, -0.15) is 0 Å². The lowest BCUT2D eigenvalue weighted by molar-refractivity contribution is -0.276. The molecule has 0 unspecified atom stereocenters. The number of amides is 2. The van der Waals surface area contributed by atoms with E-state index in [9.17, 15) is 9.90 Å². The van der Waals surface area contributed by atoms with Crippen LogP contribution in [0, 0.1) is 5.92 Å². The predicted molar refractivity (Wildman–Crippen MR) is 190 cm³/mol. The second kappa shape index (κ2) is 16.9. The molecule has 3 N–H and O–H groups in total. The number of ether oxygens (including phenoxy) is 2. The van der Waals surface area contributed by atoms with Crippen molar-refractivity contribution >= 4 is 6.03 Å². The van der Waals surface area contributed by atoms with Gasteiger partial charge in [-0.3, -0.25) is 0 Å². The summed E-state index contributed by atoms with van der Waals surface area (Å²) in [6, 6.07) is 34.5. The van der Waals surface area contributed by atoms with Gasteiger partial charge in [0.1, 0.15) is 0 Å². The van der Waals surface area contributed by atoms with E-state index < -0.39 is 6.29 Å². The van der Waals surface area contributed by atoms with E-state index in [4.69, 9.17) is 9.47 Å². The highest BCUT2D eigenvalue weighted by Gasteiger charge is 2.39. The Morgan fingerprint density at radius 2 is 1.35 bits per heavy atom. The van der Waals surface area contributed by atoms with Gasteiger partial charge in [-0.05, 0) is 71.4 Å². The van der Waals surface area contributed by atoms with Gasteiger partial charge in [0.05, 0.1) is 18.8 Å². The van der Waals surface area contributed by atoms with Crippen LogP contribution in [0.1, 0.15) is 79.2 Å². The van der Waals surface area contributed by atoms with Gasteiger partial charge in [0.25, 0.3) is 0 Å². The third-order valence-corrected chi connectivity index (χ3v) is 9.68. The van der Waals surface area contributed by atoms with E-state index >= 15 is 0 Å². The van der Waals surface area contributed by atoms with Crippen molar-refractivity contribution in [2.75, 3.05) is 19.6 Å². The molecule has 2 heterocycles. The average Bonchev–Trinajstić information content (AvgIpc) is 3.12. The zero-order valence-corrected chi connectivity index (χ0v) is 28.0. The van der Waals surface area contributed by atoms with Crippen LogP contribution in [0.4, 0.5) is 4.79 Å². The molecule has 2 aliphatic rings. The summed E-state index contributed by atoms with van der Waals surface area (Å²) < 4.78 is 13.6. The lowest BCUT2D eigenvalue weighted by atomic mass is 9.89. The highest BCUT2D eigenvalue weighted by atomic mass is 16.7. The van der Waals surface area contributed by atoms with Gasteiger partial charge in [-0.1, -0.05) is 117 Å². The first kappa shape index (κ1) is 33.9. The van der Waals surface area contributed by atoms with E-state index in [0.717, 1.165) is 58.6 Å². The third-order valence-electron chi connectivity index (χ3n) is 9.68. The number of hydrogen-bond donors (Lipinski definition) is 3. The summed E-state index contributed by atoms with van der Waals surface area (Å²) in [5, 5.41) is 15.5. The number of carbonyl (C=O) groups is 1. The Hall–Kier alpha value is -4.01. The Labute approximate surface area is 285 Å². The number of aliphatic hydroxyl groups excluding tert-OH is 1.